The quantitative estimate of drug-likeness (QED) is 0.796. The van der Waals surface area contributed by atoms with Crippen LogP contribution < -0.4 is 4.90 Å². The summed E-state index contributed by atoms with van der Waals surface area (Å²) in [4.78, 5) is 6.47. The number of rotatable bonds is 3. The van der Waals surface area contributed by atoms with Crippen molar-refractivity contribution in [3.8, 4) is 11.3 Å². The second kappa shape index (κ2) is 5.00. The first kappa shape index (κ1) is 11.6. The van der Waals surface area contributed by atoms with Gasteiger partial charge in [-0.2, -0.15) is 0 Å². The standard InChI is InChI=1S/C15H16N2/c1-4-12-6-5-7-13(10-12)15-11-14(17(2)3)8-9-16-15/h1,5-11H,4H2,2-3H3. The number of benzene rings is 1. The van der Waals surface area contributed by atoms with E-state index in [1.54, 1.807) is 0 Å². The summed E-state index contributed by atoms with van der Waals surface area (Å²) in [6.45, 7) is 5.65. The van der Waals surface area contributed by atoms with Gasteiger partial charge >= 0.3 is 0 Å². The smallest absolute Gasteiger partial charge is 0.0722 e. The molecule has 0 aliphatic carbocycles. The minimum absolute atomic E-state index is 0.557. The molecule has 0 saturated carbocycles. The summed E-state index contributed by atoms with van der Waals surface area (Å²) in [5.41, 5.74) is 4.36. The number of hydrogen-bond acceptors (Lipinski definition) is 2. The van der Waals surface area contributed by atoms with Gasteiger partial charge in [0.25, 0.3) is 0 Å². The molecule has 1 aromatic heterocycles. The third kappa shape index (κ3) is 2.64. The summed E-state index contributed by atoms with van der Waals surface area (Å²) in [5, 5.41) is 0. The van der Waals surface area contributed by atoms with Crippen LogP contribution in [0.4, 0.5) is 5.69 Å². The summed E-state index contributed by atoms with van der Waals surface area (Å²) in [7, 11) is 4.05. The molecule has 0 aliphatic rings. The Kier molecular flexibility index (Phi) is 3.43. The van der Waals surface area contributed by atoms with Gasteiger partial charge in [0, 0.05) is 31.5 Å². The van der Waals surface area contributed by atoms with Crippen LogP contribution in [-0.2, 0) is 6.42 Å². The molecule has 0 atom stereocenters. The largest absolute Gasteiger partial charge is 0.378 e. The van der Waals surface area contributed by atoms with E-state index in [2.05, 4.69) is 28.1 Å². The van der Waals surface area contributed by atoms with E-state index in [-0.39, 0.29) is 0 Å². The van der Waals surface area contributed by atoms with Crippen LogP contribution in [0.3, 0.4) is 0 Å². The average molecular weight is 224 g/mol. The first-order valence-corrected chi connectivity index (χ1v) is 5.63. The van der Waals surface area contributed by atoms with E-state index in [0.717, 1.165) is 22.5 Å². The Bertz CT molecular complexity index is 504. The predicted octanol–water partition coefficient (Wildman–Crippen LogP) is 3.07. The summed E-state index contributed by atoms with van der Waals surface area (Å²) in [6, 6.07) is 12.3. The predicted molar refractivity (Wildman–Crippen MR) is 72.0 cm³/mol. The summed E-state index contributed by atoms with van der Waals surface area (Å²) >= 11 is 0. The van der Waals surface area contributed by atoms with Crippen molar-refractivity contribution < 1.29 is 0 Å². The topological polar surface area (TPSA) is 16.1 Å². The van der Waals surface area contributed by atoms with Crippen molar-refractivity contribution in [1.29, 1.82) is 0 Å². The SMILES string of the molecule is [CH]Cc1cccc(-c2cc(N(C)C)ccn2)c1. The molecular formula is C15H16N2. The molecule has 0 fully saturated rings. The van der Waals surface area contributed by atoms with Crippen molar-refractivity contribution in [3.05, 3.63) is 55.1 Å². The molecule has 2 heteroatoms. The number of anilines is 1. The van der Waals surface area contributed by atoms with Crippen molar-refractivity contribution in [2.24, 2.45) is 0 Å². The van der Waals surface area contributed by atoms with Crippen molar-refractivity contribution in [3.63, 3.8) is 0 Å². The van der Waals surface area contributed by atoms with Gasteiger partial charge in [0.2, 0.25) is 0 Å². The fourth-order valence-corrected chi connectivity index (χ4v) is 1.71. The molecule has 2 rings (SSSR count). The van der Waals surface area contributed by atoms with E-state index < -0.39 is 0 Å². The average Bonchev–Trinajstić information content (AvgIpc) is 2.39. The number of aromatic nitrogens is 1. The fraction of sp³-hybridized carbons (Fsp3) is 0.200. The third-order valence-electron chi connectivity index (χ3n) is 2.72. The van der Waals surface area contributed by atoms with E-state index in [1.165, 1.54) is 0 Å². The molecule has 1 aromatic carbocycles. The molecule has 0 bridgehead atoms. The van der Waals surface area contributed by atoms with Crippen LogP contribution in [0, 0.1) is 6.92 Å². The van der Waals surface area contributed by atoms with Crippen LogP contribution >= 0.6 is 0 Å². The maximum absolute atomic E-state index is 5.65. The van der Waals surface area contributed by atoms with E-state index in [1.807, 2.05) is 38.5 Å². The summed E-state index contributed by atoms with van der Waals surface area (Å²) in [6.07, 6.45) is 2.39. The number of nitrogens with zero attached hydrogens (tertiary/aromatic N) is 2. The highest BCUT2D eigenvalue weighted by molar-refractivity contribution is 5.64. The molecule has 0 spiro atoms. The van der Waals surface area contributed by atoms with E-state index >= 15 is 0 Å². The Balaban J connectivity index is 2.41. The Morgan fingerprint density at radius 3 is 2.71 bits per heavy atom. The minimum Gasteiger partial charge on any atom is -0.378 e. The van der Waals surface area contributed by atoms with Crippen molar-refractivity contribution in [2.75, 3.05) is 19.0 Å². The Morgan fingerprint density at radius 1 is 1.18 bits per heavy atom. The van der Waals surface area contributed by atoms with E-state index in [0.29, 0.717) is 6.42 Å². The highest BCUT2D eigenvalue weighted by Gasteiger charge is 2.02. The van der Waals surface area contributed by atoms with Crippen LogP contribution in [0.15, 0.2) is 42.6 Å². The fourth-order valence-electron chi connectivity index (χ4n) is 1.71. The molecule has 0 unspecified atom stereocenters. The lowest BCUT2D eigenvalue weighted by atomic mass is 10.1. The maximum atomic E-state index is 5.65. The van der Waals surface area contributed by atoms with Crippen molar-refractivity contribution in [1.82, 2.24) is 4.98 Å². The zero-order chi connectivity index (χ0) is 12.3. The zero-order valence-electron chi connectivity index (χ0n) is 10.2. The summed E-state index contributed by atoms with van der Waals surface area (Å²) in [5.74, 6) is 0. The molecule has 0 amide bonds. The number of pyridine rings is 1. The highest BCUT2D eigenvalue weighted by Crippen LogP contribution is 2.22. The molecule has 2 radical (unpaired) electrons. The molecule has 0 aliphatic heterocycles. The highest BCUT2D eigenvalue weighted by atomic mass is 15.1. The normalized spacial score (nSPS) is 10.3. The Labute approximate surface area is 103 Å². The van der Waals surface area contributed by atoms with Gasteiger partial charge in [0.05, 0.1) is 5.69 Å². The Morgan fingerprint density at radius 2 is 2.00 bits per heavy atom. The van der Waals surface area contributed by atoms with Gasteiger partial charge in [0.1, 0.15) is 0 Å². The summed E-state index contributed by atoms with van der Waals surface area (Å²) < 4.78 is 0. The van der Waals surface area contributed by atoms with Crippen LogP contribution in [0.5, 0.6) is 0 Å². The van der Waals surface area contributed by atoms with Crippen LogP contribution in [0.2, 0.25) is 0 Å². The second-order valence-electron chi connectivity index (χ2n) is 4.20. The molecule has 2 aromatic rings. The lowest BCUT2D eigenvalue weighted by Gasteiger charge is -2.13. The number of hydrogen-bond donors (Lipinski definition) is 0. The van der Waals surface area contributed by atoms with Crippen LogP contribution in [-0.4, -0.2) is 19.1 Å². The van der Waals surface area contributed by atoms with Gasteiger partial charge in [-0.05, 0) is 37.1 Å². The Hall–Kier alpha value is -1.83. The monoisotopic (exact) mass is 224 g/mol. The molecule has 2 nitrogen and oxygen atoms in total. The minimum atomic E-state index is 0.557. The van der Waals surface area contributed by atoms with Gasteiger partial charge in [-0.1, -0.05) is 18.2 Å². The first-order chi connectivity index (χ1) is 8.20. The molecule has 0 saturated heterocycles. The molecule has 86 valence electrons. The van der Waals surface area contributed by atoms with Crippen molar-refractivity contribution in [2.45, 2.75) is 6.42 Å². The lowest BCUT2D eigenvalue weighted by Crippen LogP contribution is -2.08. The molecule has 0 N–H and O–H groups in total. The van der Waals surface area contributed by atoms with Crippen molar-refractivity contribution >= 4 is 5.69 Å². The maximum Gasteiger partial charge on any atom is 0.0722 e. The lowest BCUT2D eigenvalue weighted by molar-refractivity contribution is 1.12. The molecule has 17 heavy (non-hydrogen) atoms. The van der Waals surface area contributed by atoms with Gasteiger partial charge in [-0.3, -0.25) is 4.98 Å². The van der Waals surface area contributed by atoms with Gasteiger partial charge < -0.3 is 4.90 Å². The third-order valence-corrected chi connectivity index (χ3v) is 2.72. The molecule has 1 heterocycles. The van der Waals surface area contributed by atoms with Crippen LogP contribution in [0.25, 0.3) is 11.3 Å². The van der Waals surface area contributed by atoms with E-state index in [9.17, 15) is 0 Å². The second-order valence-corrected chi connectivity index (χ2v) is 4.20. The zero-order valence-corrected chi connectivity index (χ0v) is 10.2. The first-order valence-electron chi connectivity index (χ1n) is 5.63. The van der Waals surface area contributed by atoms with Gasteiger partial charge in [0.15, 0.2) is 0 Å². The van der Waals surface area contributed by atoms with Crippen LogP contribution in [0.1, 0.15) is 5.56 Å². The van der Waals surface area contributed by atoms with Gasteiger partial charge in [-0.25, -0.2) is 0 Å². The molecular weight excluding hydrogens is 208 g/mol. The van der Waals surface area contributed by atoms with Gasteiger partial charge in [-0.15, -0.1) is 0 Å². The van der Waals surface area contributed by atoms with E-state index in [4.69, 9.17) is 6.92 Å².